The number of primary amides is 1. The highest BCUT2D eigenvalue weighted by molar-refractivity contribution is 6.43. The largest absolute Gasteiger partial charge is 0.417 e. The second kappa shape index (κ2) is 8.70. The molecule has 1 aromatic carbocycles. The van der Waals surface area contributed by atoms with E-state index in [4.69, 9.17) is 11.5 Å². The van der Waals surface area contributed by atoms with Crippen molar-refractivity contribution in [3.8, 4) is 0 Å². The molecule has 9 heteroatoms. The number of benzene rings is 1. The van der Waals surface area contributed by atoms with Crippen molar-refractivity contribution in [2.75, 3.05) is 0 Å². The second-order valence-electron chi connectivity index (χ2n) is 6.19. The molecule has 0 aliphatic heterocycles. The Morgan fingerprint density at radius 1 is 1.21 bits per heavy atom. The quantitative estimate of drug-likeness (QED) is 0.642. The van der Waals surface area contributed by atoms with Crippen LogP contribution in [0.5, 0.6) is 0 Å². The molecule has 1 amide bonds. The molecule has 0 bridgehead atoms. The van der Waals surface area contributed by atoms with Crippen molar-refractivity contribution < 1.29 is 23.1 Å². The molecule has 6 nitrogen and oxygen atoms in total. The van der Waals surface area contributed by atoms with Gasteiger partial charge in [-0.15, -0.1) is 0 Å². The van der Waals surface area contributed by atoms with Gasteiger partial charge < -0.3 is 16.6 Å². The molecule has 0 aliphatic carbocycles. The van der Waals surface area contributed by atoms with Crippen LogP contribution in [0.3, 0.4) is 0 Å². The summed E-state index contributed by atoms with van der Waals surface area (Å²) >= 11 is 0. The van der Waals surface area contributed by atoms with E-state index in [2.05, 4.69) is 16.6 Å². The number of nitrogens with two attached hydrogens (primary N) is 2. The van der Waals surface area contributed by atoms with E-state index in [9.17, 15) is 23.1 Å². The zero-order chi connectivity index (χ0) is 21.8. The number of pyridine rings is 1. The normalized spacial score (nSPS) is 13.8. The van der Waals surface area contributed by atoms with Gasteiger partial charge in [-0.05, 0) is 36.3 Å². The van der Waals surface area contributed by atoms with Gasteiger partial charge in [0.2, 0.25) is 0 Å². The van der Waals surface area contributed by atoms with Crippen molar-refractivity contribution in [1.29, 1.82) is 0 Å². The summed E-state index contributed by atoms with van der Waals surface area (Å²) in [7, 11) is 0. The number of aliphatic hydroxyl groups is 1. The molecule has 0 saturated carbocycles. The van der Waals surface area contributed by atoms with Crippen molar-refractivity contribution in [2.45, 2.75) is 19.2 Å². The van der Waals surface area contributed by atoms with Gasteiger partial charge in [0.25, 0.3) is 5.91 Å². The predicted molar refractivity (Wildman–Crippen MR) is 103 cm³/mol. The summed E-state index contributed by atoms with van der Waals surface area (Å²) < 4.78 is 37.8. The van der Waals surface area contributed by atoms with Crippen LogP contribution in [-0.4, -0.2) is 21.7 Å². The molecule has 2 aromatic rings. The average Bonchev–Trinajstić information content (AvgIpc) is 2.66. The van der Waals surface area contributed by atoms with Crippen molar-refractivity contribution in [3.63, 3.8) is 0 Å². The van der Waals surface area contributed by atoms with Crippen molar-refractivity contribution in [1.82, 2.24) is 4.98 Å². The number of amides is 1. The van der Waals surface area contributed by atoms with E-state index < -0.39 is 23.8 Å². The SMILES string of the molecule is C=C(/N=C(\C=C(/C)N)C(N)=O)c1ccc(C(O)c2ccc(C(F)(F)F)cn2)cc1. The van der Waals surface area contributed by atoms with Gasteiger partial charge in [0.15, 0.2) is 0 Å². The molecule has 29 heavy (non-hydrogen) atoms. The summed E-state index contributed by atoms with van der Waals surface area (Å²) in [6.07, 6.45) is -3.73. The summed E-state index contributed by atoms with van der Waals surface area (Å²) in [5.41, 5.74) is 11.4. The Morgan fingerprint density at radius 2 is 1.83 bits per heavy atom. The van der Waals surface area contributed by atoms with Crippen molar-refractivity contribution >= 4 is 17.3 Å². The highest BCUT2D eigenvalue weighted by Crippen LogP contribution is 2.30. The molecule has 152 valence electrons. The van der Waals surface area contributed by atoms with Crippen molar-refractivity contribution in [3.05, 3.63) is 83.3 Å². The number of halogens is 3. The van der Waals surface area contributed by atoms with E-state index in [-0.39, 0.29) is 17.1 Å². The first-order valence-corrected chi connectivity index (χ1v) is 8.31. The predicted octanol–water partition coefficient (Wildman–Crippen LogP) is 2.94. The molecule has 0 fully saturated rings. The molecule has 2 rings (SSSR count). The Morgan fingerprint density at radius 3 is 2.28 bits per heavy atom. The first-order valence-electron chi connectivity index (χ1n) is 8.31. The van der Waals surface area contributed by atoms with Crippen LogP contribution in [0.1, 0.15) is 35.4 Å². The molecule has 0 radical (unpaired) electrons. The zero-order valence-electron chi connectivity index (χ0n) is 15.4. The summed E-state index contributed by atoms with van der Waals surface area (Å²) in [4.78, 5) is 19.2. The summed E-state index contributed by atoms with van der Waals surface area (Å²) in [5, 5.41) is 10.4. The molecule has 1 heterocycles. The number of rotatable bonds is 6. The maximum absolute atomic E-state index is 12.6. The Hall–Kier alpha value is -3.46. The van der Waals surface area contributed by atoms with Gasteiger partial charge in [-0.1, -0.05) is 30.8 Å². The lowest BCUT2D eigenvalue weighted by Gasteiger charge is -2.13. The number of allylic oxidation sites excluding steroid dienone is 1. The van der Waals surface area contributed by atoms with Crippen LogP contribution < -0.4 is 11.5 Å². The molecule has 1 atom stereocenters. The molecule has 0 aliphatic rings. The summed E-state index contributed by atoms with van der Waals surface area (Å²) in [6, 6.07) is 8.25. The number of hydrogen-bond acceptors (Lipinski definition) is 5. The van der Waals surface area contributed by atoms with Gasteiger partial charge in [-0.2, -0.15) is 13.2 Å². The van der Waals surface area contributed by atoms with Gasteiger partial charge in [0.1, 0.15) is 11.8 Å². The van der Waals surface area contributed by atoms with E-state index >= 15 is 0 Å². The minimum Gasteiger partial charge on any atom is -0.402 e. The minimum absolute atomic E-state index is 0.0620. The number of aliphatic imine (C=N–C) groups is 1. The number of nitrogens with zero attached hydrogens (tertiary/aromatic N) is 2. The Labute approximate surface area is 165 Å². The second-order valence-corrected chi connectivity index (χ2v) is 6.19. The van der Waals surface area contributed by atoms with Gasteiger partial charge >= 0.3 is 6.18 Å². The number of carbonyl (C=O) groups is 1. The topological polar surface area (TPSA) is 115 Å². The number of carbonyl (C=O) groups excluding carboxylic acids is 1. The first-order chi connectivity index (χ1) is 13.5. The lowest BCUT2D eigenvalue weighted by molar-refractivity contribution is -0.137. The van der Waals surface area contributed by atoms with E-state index in [1.807, 2.05) is 0 Å². The molecular formula is C20H19F3N4O2. The Bertz CT molecular complexity index is 959. The van der Waals surface area contributed by atoms with Gasteiger partial charge in [-0.25, -0.2) is 4.99 Å². The third-order valence-electron chi connectivity index (χ3n) is 3.83. The van der Waals surface area contributed by atoms with E-state index in [0.717, 1.165) is 12.1 Å². The monoisotopic (exact) mass is 404 g/mol. The smallest absolute Gasteiger partial charge is 0.402 e. The van der Waals surface area contributed by atoms with Gasteiger partial charge in [0, 0.05) is 11.9 Å². The lowest BCUT2D eigenvalue weighted by atomic mass is 10.0. The Balaban J connectivity index is 2.22. The standard InChI is InChI=1S/C20H19F3N4O2/c1-11(24)9-17(19(25)29)27-12(2)13-3-5-14(6-4-13)18(28)16-8-7-15(10-26-16)20(21,22)23/h3-10,18,28H,2,24H2,1H3,(H2,25,29)/b11-9+,27-17+. The van der Waals surface area contributed by atoms with Crippen LogP contribution in [0.4, 0.5) is 13.2 Å². The van der Waals surface area contributed by atoms with Crippen molar-refractivity contribution in [2.24, 2.45) is 16.5 Å². The highest BCUT2D eigenvalue weighted by Gasteiger charge is 2.31. The summed E-state index contributed by atoms with van der Waals surface area (Å²) in [5.74, 6) is -0.767. The fraction of sp³-hybridized carbons (Fsp3) is 0.150. The fourth-order valence-electron chi connectivity index (χ4n) is 2.35. The molecule has 0 saturated heterocycles. The van der Waals surface area contributed by atoms with Crippen LogP contribution in [0.25, 0.3) is 5.70 Å². The van der Waals surface area contributed by atoms with E-state index in [1.165, 1.54) is 6.08 Å². The molecule has 1 aromatic heterocycles. The number of aromatic nitrogens is 1. The van der Waals surface area contributed by atoms with Crippen LogP contribution in [0.15, 0.2) is 65.9 Å². The minimum atomic E-state index is -4.50. The van der Waals surface area contributed by atoms with Crippen LogP contribution >= 0.6 is 0 Å². The van der Waals surface area contributed by atoms with Crippen LogP contribution in [0.2, 0.25) is 0 Å². The molecule has 1 unspecified atom stereocenters. The average molecular weight is 404 g/mol. The third-order valence-corrected chi connectivity index (χ3v) is 3.83. The number of aliphatic hydroxyl groups excluding tert-OH is 1. The first kappa shape index (κ1) is 21.8. The maximum atomic E-state index is 12.6. The highest BCUT2D eigenvalue weighted by atomic mass is 19.4. The maximum Gasteiger partial charge on any atom is 0.417 e. The summed E-state index contributed by atoms with van der Waals surface area (Å²) in [6.45, 7) is 5.35. The van der Waals surface area contributed by atoms with Crippen LogP contribution in [-0.2, 0) is 11.0 Å². The van der Waals surface area contributed by atoms with Gasteiger partial charge in [0.05, 0.1) is 17.0 Å². The molecule has 5 N–H and O–H groups in total. The third kappa shape index (κ3) is 5.76. The molecule has 0 spiro atoms. The number of hydrogen-bond donors (Lipinski definition) is 3. The van der Waals surface area contributed by atoms with Gasteiger partial charge in [-0.3, -0.25) is 9.78 Å². The Kier molecular flexibility index (Phi) is 6.55. The molecular weight excluding hydrogens is 385 g/mol. The van der Waals surface area contributed by atoms with Crippen LogP contribution in [0, 0.1) is 0 Å². The lowest BCUT2D eigenvalue weighted by Crippen LogP contribution is -2.22. The fourth-order valence-corrected chi connectivity index (χ4v) is 2.35. The van der Waals surface area contributed by atoms with E-state index in [1.54, 1.807) is 31.2 Å². The zero-order valence-corrected chi connectivity index (χ0v) is 15.4. The van der Waals surface area contributed by atoms with E-state index in [0.29, 0.717) is 23.0 Å². The number of alkyl halides is 3.